The second-order valence-corrected chi connectivity index (χ2v) is 9.10. The molecule has 0 N–H and O–H groups in total. The molecular weight excluding hydrogens is 350 g/mol. The van der Waals surface area contributed by atoms with Crippen LogP contribution in [0.1, 0.15) is 0 Å². The van der Waals surface area contributed by atoms with E-state index in [1.54, 1.807) is 7.05 Å². The van der Waals surface area contributed by atoms with Crippen LogP contribution in [0.15, 0.2) is 16.3 Å². The molecule has 1 atom stereocenters. The molecule has 3 rings (SSSR count). The Kier molecular flexibility index (Phi) is 3.92. The summed E-state index contributed by atoms with van der Waals surface area (Å²) in [7, 11) is -2.15. The van der Waals surface area contributed by atoms with Gasteiger partial charge in [-0.25, -0.2) is 8.42 Å². The zero-order valence-corrected chi connectivity index (χ0v) is 14.1. The first-order chi connectivity index (χ1) is 10.3. The molecule has 1 aromatic rings. The predicted molar refractivity (Wildman–Crippen MR) is 81.2 cm³/mol. The fourth-order valence-electron chi connectivity index (χ4n) is 2.68. The second-order valence-electron chi connectivity index (χ2n) is 5.22. The third kappa shape index (κ3) is 2.51. The van der Waals surface area contributed by atoms with E-state index in [4.69, 9.17) is 11.6 Å². The topological polar surface area (TPSA) is 78.0 Å². The maximum absolute atomic E-state index is 12.6. The van der Waals surface area contributed by atoms with Crippen molar-refractivity contribution in [2.75, 3.05) is 33.2 Å². The fraction of sp³-hybridized carbons (Fsp3) is 0.500. The maximum atomic E-state index is 12.6. The zero-order chi connectivity index (χ0) is 16.1. The third-order valence-electron chi connectivity index (χ3n) is 3.84. The van der Waals surface area contributed by atoms with E-state index in [1.165, 1.54) is 26.2 Å². The molecule has 0 aromatic carbocycles. The molecule has 0 spiro atoms. The first-order valence-electron chi connectivity index (χ1n) is 6.60. The van der Waals surface area contributed by atoms with Crippen LogP contribution < -0.4 is 0 Å². The average molecular weight is 364 g/mol. The molecule has 3 heterocycles. The molecule has 2 aliphatic rings. The maximum Gasteiger partial charge on any atom is 0.252 e. The van der Waals surface area contributed by atoms with Crippen molar-refractivity contribution in [3.8, 4) is 0 Å². The number of nitrogens with zero attached hydrogens (tertiary/aromatic N) is 3. The standard InChI is InChI=1S/C12H14ClN3O4S2/c1-14-7-10(17)16-5-4-15(6-8(16)12(14)18)22(19,20)11-3-2-9(13)21-11/h2-3,8H,4-7H2,1H3/t8-/m0/s1. The molecule has 1 aromatic heterocycles. The van der Waals surface area contributed by atoms with Gasteiger partial charge in [-0.3, -0.25) is 9.59 Å². The van der Waals surface area contributed by atoms with Crippen molar-refractivity contribution in [1.82, 2.24) is 14.1 Å². The quantitative estimate of drug-likeness (QED) is 0.745. The summed E-state index contributed by atoms with van der Waals surface area (Å²) < 4.78 is 27.0. The number of thiophene rings is 1. The number of rotatable bonds is 2. The minimum absolute atomic E-state index is 0.0211. The van der Waals surface area contributed by atoms with Gasteiger partial charge in [-0.1, -0.05) is 11.6 Å². The lowest BCUT2D eigenvalue weighted by Gasteiger charge is -2.44. The van der Waals surface area contributed by atoms with Crippen LogP contribution in [0, 0.1) is 0 Å². The van der Waals surface area contributed by atoms with Gasteiger partial charge in [-0.15, -0.1) is 11.3 Å². The highest BCUT2D eigenvalue weighted by atomic mass is 35.5. The number of fused-ring (bicyclic) bond motifs is 1. The van der Waals surface area contributed by atoms with E-state index in [1.807, 2.05) is 0 Å². The molecule has 7 nitrogen and oxygen atoms in total. The molecule has 22 heavy (non-hydrogen) atoms. The Labute approximate surface area is 137 Å². The number of hydrogen-bond donors (Lipinski definition) is 0. The smallest absolute Gasteiger partial charge is 0.252 e. The lowest BCUT2D eigenvalue weighted by atomic mass is 10.1. The van der Waals surface area contributed by atoms with E-state index >= 15 is 0 Å². The molecule has 0 bridgehead atoms. The average Bonchev–Trinajstić information content (AvgIpc) is 2.91. The minimum Gasteiger partial charge on any atom is -0.335 e. The summed E-state index contributed by atoms with van der Waals surface area (Å²) in [6.07, 6.45) is 0. The number of piperazine rings is 2. The molecular formula is C12H14ClN3O4S2. The summed E-state index contributed by atoms with van der Waals surface area (Å²) in [5.74, 6) is -0.382. The lowest BCUT2D eigenvalue weighted by molar-refractivity contribution is -0.156. The first-order valence-corrected chi connectivity index (χ1v) is 9.24. The van der Waals surface area contributed by atoms with Crippen LogP contribution in [-0.4, -0.2) is 73.6 Å². The molecule has 10 heteroatoms. The van der Waals surface area contributed by atoms with E-state index in [9.17, 15) is 18.0 Å². The normalized spacial score (nSPS) is 23.8. The summed E-state index contributed by atoms with van der Waals surface area (Å²) in [6, 6.07) is 2.23. The van der Waals surface area contributed by atoms with Crippen LogP contribution in [0.25, 0.3) is 0 Å². The lowest BCUT2D eigenvalue weighted by Crippen LogP contribution is -2.66. The number of sulfonamides is 1. The van der Waals surface area contributed by atoms with Crippen molar-refractivity contribution in [2.24, 2.45) is 0 Å². The fourth-order valence-corrected chi connectivity index (χ4v) is 5.75. The van der Waals surface area contributed by atoms with E-state index in [2.05, 4.69) is 0 Å². The highest BCUT2D eigenvalue weighted by molar-refractivity contribution is 7.91. The summed E-state index contributed by atoms with van der Waals surface area (Å²) in [6.45, 7) is 0.424. The van der Waals surface area contributed by atoms with Crippen LogP contribution >= 0.6 is 22.9 Å². The van der Waals surface area contributed by atoms with E-state index in [0.29, 0.717) is 4.34 Å². The van der Waals surface area contributed by atoms with Crippen LogP contribution in [-0.2, 0) is 19.6 Å². The summed E-state index contributed by atoms with van der Waals surface area (Å²) in [4.78, 5) is 27.0. The second kappa shape index (κ2) is 5.48. The Morgan fingerprint density at radius 2 is 2.00 bits per heavy atom. The highest BCUT2D eigenvalue weighted by Crippen LogP contribution is 2.30. The van der Waals surface area contributed by atoms with Crippen molar-refractivity contribution in [1.29, 1.82) is 0 Å². The summed E-state index contributed by atoms with van der Waals surface area (Å²) >= 11 is 6.78. The molecule has 2 amide bonds. The molecule has 2 aliphatic heterocycles. The Morgan fingerprint density at radius 1 is 1.27 bits per heavy atom. The van der Waals surface area contributed by atoms with Gasteiger partial charge in [0.25, 0.3) is 10.0 Å². The van der Waals surface area contributed by atoms with E-state index in [0.717, 1.165) is 11.3 Å². The largest absolute Gasteiger partial charge is 0.335 e. The zero-order valence-electron chi connectivity index (χ0n) is 11.7. The molecule has 0 radical (unpaired) electrons. The van der Waals surface area contributed by atoms with Crippen molar-refractivity contribution >= 4 is 44.8 Å². The summed E-state index contributed by atoms with van der Waals surface area (Å²) in [5, 5.41) is 0. The Bertz CT molecular complexity index is 732. The van der Waals surface area contributed by atoms with E-state index < -0.39 is 16.1 Å². The third-order valence-corrected chi connectivity index (χ3v) is 7.40. The van der Waals surface area contributed by atoms with E-state index in [-0.39, 0.29) is 42.2 Å². The van der Waals surface area contributed by atoms with Gasteiger partial charge in [0.15, 0.2) is 0 Å². The van der Waals surface area contributed by atoms with Gasteiger partial charge >= 0.3 is 0 Å². The van der Waals surface area contributed by atoms with Gasteiger partial charge in [0, 0.05) is 26.7 Å². The van der Waals surface area contributed by atoms with Crippen LogP contribution in [0.3, 0.4) is 0 Å². The molecule has 2 saturated heterocycles. The summed E-state index contributed by atoms with van der Waals surface area (Å²) in [5.41, 5.74) is 0. The number of likely N-dealkylation sites (N-methyl/N-ethyl adjacent to an activating group) is 1. The number of carbonyl (C=O) groups is 2. The van der Waals surface area contributed by atoms with Crippen LogP contribution in [0.5, 0.6) is 0 Å². The van der Waals surface area contributed by atoms with Crippen LogP contribution in [0.2, 0.25) is 4.34 Å². The highest BCUT2D eigenvalue weighted by Gasteiger charge is 2.44. The molecule has 0 saturated carbocycles. The number of amides is 2. The molecule has 120 valence electrons. The van der Waals surface area contributed by atoms with Gasteiger partial charge in [-0.05, 0) is 12.1 Å². The monoisotopic (exact) mass is 363 g/mol. The number of hydrogen-bond acceptors (Lipinski definition) is 5. The molecule has 2 fully saturated rings. The first kappa shape index (κ1) is 15.7. The van der Waals surface area contributed by atoms with Gasteiger partial charge in [-0.2, -0.15) is 4.31 Å². The van der Waals surface area contributed by atoms with Crippen molar-refractivity contribution in [2.45, 2.75) is 10.3 Å². The van der Waals surface area contributed by atoms with Gasteiger partial charge < -0.3 is 9.80 Å². The van der Waals surface area contributed by atoms with Crippen molar-refractivity contribution in [3.05, 3.63) is 16.5 Å². The van der Waals surface area contributed by atoms with Crippen LogP contribution in [0.4, 0.5) is 0 Å². The predicted octanol–water partition coefficient (Wildman–Crippen LogP) is 0.0750. The van der Waals surface area contributed by atoms with Crippen molar-refractivity contribution < 1.29 is 18.0 Å². The minimum atomic E-state index is -3.69. The van der Waals surface area contributed by atoms with Gasteiger partial charge in [0.2, 0.25) is 11.8 Å². The van der Waals surface area contributed by atoms with Gasteiger partial charge in [0.05, 0.1) is 10.9 Å². The molecule has 0 unspecified atom stereocenters. The Balaban J connectivity index is 1.86. The Hall–Kier alpha value is -1.16. The SMILES string of the molecule is CN1CC(=O)N2CCN(S(=O)(=O)c3ccc(Cl)s3)C[C@H]2C1=O. The number of carbonyl (C=O) groups excluding carboxylic acids is 2. The molecule has 0 aliphatic carbocycles. The van der Waals surface area contributed by atoms with Gasteiger partial charge in [0.1, 0.15) is 10.3 Å². The van der Waals surface area contributed by atoms with Crippen molar-refractivity contribution in [3.63, 3.8) is 0 Å². The number of halogens is 1. The Morgan fingerprint density at radius 3 is 2.64 bits per heavy atom.